The molecular weight excluding hydrogens is 460 g/mol. The number of carbonyl (C=O) groups is 1. The quantitative estimate of drug-likeness (QED) is 0.369. The lowest BCUT2D eigenvalue weighted by atomic mass is 10.1. The number of fused-ring (bicyclic) bond motifs is 3. The van der Waals surface area contributed by atoms with Gasteiger partial charge >= 0.3 is 0 Å². The molecular formula is C28H25ClN4O2. The highest BCUT2D eigenvalue weighted by atomic mass is 35.5. The summed E-state index contributed by atoms with van der Waals surface area (Å²) in [6.07, 6.45) is 1.55. The van der Waals surface area contributed by atoms with Gasteiger partial charge in [0.05, 0.1) is 18.4 Å². The Morgan fingerprint density at radius 2 is 1.74 bits per heavy atom. The molecule has 3 aromatic carbocycles. The van der Waals surface area contributed by atoms with Crippen LogP contribution in [0.3, 0.4) is 0 Å². The third kappa shape index (κ3) is 4.57. The van der Waals surface area contributed by atoms with E-state index < -0.39 is 0 Å². The Bertz CT molecular complexity index is 1620. The van der Waals surface area contributed by atoms with Crippen molar-refractivity contribution >= 4 is 39.4 Å². The second-order valence-electron chi connectivity index (χ2n) is 8.84. The standard InChI is InChI=1S/C28H25ClN4O2/c1-18-7-10-20(11-8-18)14-30-25(34)16-33-24-12-9-19(2)13-22(24)26-27(33)28(35)32(17-31-26)15-21-5-3-4-6-23(21)29/h3-13,17H,14-16H2,1-2H3,(H,30,34). The lowest BCUT2D eigenvalue weighted by Gasteiger charge is -2.11. The van der Waals surface area contributed by atoms with Gasteiger partial charge in [-0.1, -0.05) is 71.3 Å². The fourth-order valence-corrected chi connectivity index (χ4v) is 4.50. The van der Waals surface area contributed by atoms with Crippen LogP contribution in [-0.2, 0) is 24.4 Å². The molecule has 5 rings (SSSR count). The zero-order valence-electron chi connectivity index (χ0n) is 19.6. The zero-order chi connectivity index (χ0) is 24.5. The molecule has 2 heterocycles. The molecule has 0 fully saturated rings. The van der Waals surface area contributed by atoms with Crippen molar-refractivity contribution < 1.29 is 4.79 Å². The van der Waals surface area contributed by atoms with Gasteiger partial charge in [0.1, 0.15) is 17.6 Å². The van der Waals surface area contributed by atoms with E-state index in [4.69, 9.17) is 11.6 Å². The Balaban J connectivity index is 1.54. The molecule has 0 spiro atoms. The minimum Gasteiger partial charge on any atom is -0.350 e. The average Bonchev–Trinajstić information content (AvgIpc) is 3.15. The molecule has 0 aliphatic rings. The Morgan fingerprint density at radius 3 is 2.51 bits per heavy atom. The third-order valence-electron chi connectivity index (χ3n) is 6.19. The van der Waals surface area contributed by atoms with Crippen LogP contribution in [0.25, 0.3) is 21.9 Å². The van der Waals surface area contributed by atoms with Gasteiger partial charge < -0.3 is 9.88 Å². The van der Waals surface area contributed by atoms with Crippen molar-refractivity contribution in [1.82, 2.24) is 19.4 Å². The van der Waals surface area contributed by atoms with E-state index in [2.05, 4.69) is 10.3 Å². The number of rotatable bonds is 6. The maximum Gasteiger partial charge on any atom is 0.278 e. The molecule has 7 heteroatoms. The van der Waals surface area contributed by atoms with E-state index in [9.17, 15) is 9.59 Å². The van der Waals surface area contributed by atoms with Gasteiger partial charge in [0.2, 0.25) is 5.91 Å². The molecule has 0 bridgehead atoms. The highest BCUT2D eigenvalue weighted by Gasteiger charge is 2.19. The summed E-state index contributed by atoms with van der Waals surface area (Å²) in [4.78, 5) is 31.2. The molecule has 5 aromatic rings. The summed E-state index contributed by atoms with van der Waals surface area (Å²) in [5.41, 5.74) is 5.66. The summed E-state index contributed by atoms with van der Waals surface area (Å²) in [5.74, 6) is -0.175. The van der Waals surface area contributed by atoms with Gasteiger partial charge in [0.15, 0.2) is 0 Å². The predicted octanol–water partition coefficient (Wildman–Crippen LogP) is 4.99. The number of carbonyl (C=O) groups excluding carboxylic acids is 1. The molecule has 0 unspecified atom stereocenters. The number of nitrogens with zero attached hydrogens (tertiary/aromatic N) is 3. The molecule has 35 heavy (non-hydrogen) atoms. The van der Waals surface area contributed by atoms with Crippen molar-refractivity contribution in [2.45, 2.75) is 33.5 Å². The van der Waals surface area contributed by atoms with Gasteiger partial charge in [-0.05, 0) is 43.2 Å². The van der Waals surface area contributed by atoms with E-state index in [1.54, 1.807) is 17.0 Å². The molecule has 1 amide bonds. The van der Waals surface area contributed by atoms with Crippen LogP contribution in [-0.4, -0.2) is 20.0 Å². The van der Waals surface area contributed by atoms with Crippen LogP contribution in [0, 0.1) is 13.8 Å². The number of halogens is 1. The van der Waals surface area contributed by atoms with Crippen molar-refractivity contribution in [3.05, 3.63) is 111 Å². The first-order valence-corrected chi connectivity index (χ1v) is 11.8. The molecule has 2 aromatic heterocycles. The number of hydrogen-bond acceptors (Lipinski definition) is 3. The second kappa shape index (κ2) is 9.39. The smallest absolute Gasteiger partial charge is 0.278 e. The third-order valence-corrected chi connectivity index (χ3v) is 6.56. The van der Waals surface area contributed by atoms with Gasteiger partial charge in [-0.15, -0.1) is 0 Å². The fourth-order valence-electron chi connectivity index (χ4n) is 4.31. The molecule has 176 valence electrons. The summed E-state index contributed by atoms with van der Waals surface area (Å²) >= 11 is 6.33. The fraction of sp³-hybridized carbons (Fsp3) is 0.179. The first kappa shape index (κ1) is 22.9. The lowest BCUT2D eigenvalue weighted by Crippen LogP contribution is -2.29. The number of aromatic nitrogens is 3. The van der Waals surface area contributed by atoms with Crippen LogP contribution in [0.2, 0.25) is 5.02 Å². The normalized spacial score (nSPS) is 11.3. The minimum atomic E-state index is -0.213. The van der Waals surface area contributed by atoms with Crippen molar-refractivity contribution in [3.63, 3.8) is 0 Å². The van der Waals surface area contributed by atoms with Gasteiger partial charge in [-0.3, -0.25) is 14.2 Å². The Labute approximate surface area is 207 Å². The van der Waals surface area contributed by atoms with Crippen LogP contribution < -0.4 is 10.9 Å². The predicted molar refractivity (Wildman–Crippen MR) is 140 cm³/mol. The van der Waals surface area contributed by atoms with Crippen LogP contribution in [0.5, 0.6) is 0 Å². The topological polar surface area (TPSA) is 68.9 Å². The van der Waals surface area contributed by atoms with Crippen LogP contribution in [0.1, 0.15) is 22.3 Å². The maximum absolute atomic E-state index is 13.6. The average molecular weight is 485 g/mol. The van der Waals surface area contributed by atoms with Gasteiger partial charge in [0.25, 0.3) is 5.56 Å². The maximum atomic E-state index is 13.6. The number of nitrogens with one attached hydrogen (secondary N) is 1. The van der Waals surface area contributed by atoms with E-state index in [1.807, 2.05) is 74.5 Å². The number of amides is 1. The minimum absolute atomic E-state index is 0.0158. The van der Waals surface area contributed by atoms with E-state index in [0.717, 1.165) is 27.6 Å². The highest BCUT2D eigenvalue weighted by molar-refractivity contribution is 6.31. The number of aryl methyl sites for hydroxylation is 2. The molecule has 0 saturated carbocycles. The first-order valence-electron chi connectivity index (χ1n) is 11.4. The molecule has 0 aliphatic carbocycles. The molecule has 6 nitrogen and oxygen atoms in total. The molecule has 0 radical (unpaired) electrons. The Morgan fingerprint density at radius 1 is 1.00 bits per heavy atom. The summed E-state index contributed by atoms with van der Waals surface area (Å²) in [6, 6.07) is 21.4. The van der Waals surface area contributed by atoms with Crippen molar-refractivity contribution in [3.8, 4) is 0 Å². The second-order valence-corrected chi connectivity index (χ2v) is 9.24. The molecule has 0 saturated heterocycles. The number of benzene rings is 3. The van der Waals surface area contributed by atoms with Gasteiger partial charge in [-0.25, -0.2) is 4.98 Å². The Kier molecular flexibility index (Phi) is 6.14. The lowest BCUT2D eigenvalue weighted by molar-refractivity contribution is -0.121. The molecule has 1 N–H and O–H groups in total. The van der Waals surface area contributed by atoms with E-state index >= 15 is 0 Å². The largest absolute Gasteiger partial charge is 0.350 e. The van der Waals surface area contributed by atoms with E-state index in [0.29, 0.717) is 29.1 Å². The highest BCUT2D eigenvalue weighted by Crippen LogP contribution is 2.26. The summed E-state index contributed by atoms with van der Waals surface area (Å²) in [7, 11) is 0. The van der Waals surface area contributed by atoms with Crippen molar-refractivity contribution in [2.75, 3.05) is 0 Å². The molecule has 0 aliphatic heterocycles. The monoisotopic (exact) mass is 484 g/mol. The van der Waals surface area contributed by atoms with Crippen LogP contribution >= 0.6 is 11.6 Å². The number of hydrogen-bond donors (Lipinski definition) is 1. The van der Waals surface area contributed by atoms with Gasteiger partial charge in [0, 0.05) is 17.0 Å². The zero-order valence-corrected chi connectivity index (χ0v) is 20.3. The van der Waals surface area contributed by atoms with Crippen LogP contribution in [0.15, 0.2) is 77.9 Å². The van der Waals surface area contributed by atoms with Gasteiger partial charge in [-0.2, -0.15) is 0 Å². The van der Waals surface area contributed by atoms with Crippen molar-refractivity contribution in [2.24, 2.45) is 0 Å². The van der Waals surface area contributed by atoms with Crippen LogP contribution in [0.4, 0.5) is 0 Å². The summed E-state index contributed by atoms with van der Waals surface area (Å²) < 4.78 is 3.31. The summed E-state index contributed by atoms with van der Waals surface area (Å²) in [5, 5.41) is 4.42. The Hall–Kier alpha value is -3.90. The van der Waals surface area contributed by atoms with E-state index in [1.165, 1.54) is 10.1 Å². The van der Waals surface area contributed by atoms with Crippen molar-refractivity contribution in [1.29, 1.82) is 0 Å². The SMILES string of the molecule is Cc1ccc(CNC(=O)Cn2c3ccc(C)cc3c3ncn(Cc4ccccc4Cl)c(=O)c32)cc1. The summed E-state index contributed by atoms with van der Waals surface area (Å²) in [6.45, 7) is 4.75. The molecule has 0 atom stereocenters. The van der Waals surface area contributed by atoms with E-state index in [-0.39, 0.29) is 18.0 Å². The first-order chi connectivity index (χ1) is 16.9.